The van der Waals surface area contributed by atoms with E-state index in [0.717, 1.165) is 32.1 Å². The van der Waals surface area contributed by atoms with E-state index in [-0.39, 0.29) is 6.17 Å². The summed E-state index contributed by atoms with van der Waals surface area (Å²) in [5.74, 6) is 0.960. The minimum absolute atomic E-state index is 0.254. The number of hydrogen-bond acceptors (Lipinski definition) is 5. The van der Waals surface area contributed by atoms with Gasteiger partial charge in [-0.2, -0.15) is 5.01 Å². The summed E-state index contributed by atoms with van der Waals surface area (Å²) in [6.07, 6.45) is -0.254. The first-order valence-corrected chi connectivity index (χ1v) is 11.1. The van der Waals surface area contributed by atoms with Crippen LogP contribution >= 0.6 is 47.3 Å². The molecule has 0 spiro atoms. The number of halogens is 1. The first-order valence-electron chi connectivity index (χ1n) is 8.50. The second-order valence-electron chi connectivity index (χ2n) is 5.99. The van der Waals surface area contributed by atoms with Crippen LogP contribution < -0.4 is 4.90 Å². The molecule has 4 rings (SSSR count). The number of aryl methyl sites for hydroxylation is 1. The Kier molecular flexibility index (Phi) is 5.45. The van der Waals surface area contributed by atoms with Crippen molar-refractivity contribution in [3.8, 4) is 0 Å². The fourth-order valence-corrected chi connectivity index (χ4v) is 5.30. The number of hydrogen-bond donors (Lipinski definition) is 0. The van der Waals surface area contributed by atoms with Gasteiger partial charge in [0.1, 0.15) is 0 Å². The van der Waals surface area contributed by atoms with E-state index in [1.54, 1.807) is 28.5 Å². The molecule has 2 heterocycles. The number of aliphatic imine (C=N–C) groups is 1. The van der Waals surface area contributed by atoms with Gasteiger partial charge in [-0.25, -0.2) is 4.99 Å². The van der Waals surface area contributed by atoms with E-state index in [0.29, 0.717) is 10.1 Å². The van der Waals surface area contributed by atoms with Crippen LogP contribution in [0.3, 0.4) is 0 Å². The van der Waals surface area contributed by atoms with Gasteiger partial charge in [0.25, 0.3) is 0 Å². The van der Waals surface area contributed by atoms with Gasteiger partial charge in [0.05, 0.1) is 0 Å². The Morgan fingerprint density at radius 3 is 2.63 bits per heavy atom. The molecule has 27 heavy (non-hydrogen) atoms. The zero-order valence-corrected chi connectivity index (χ0v) is 18.0. The molecule has 2 aliphatic rings. The van der Waals surface area contributed by atoms with Crippen LogP contribution in [-0.2, 0) is 0 Å². The van der Waals surface area contributed by atoms with Crippen molar-refractivity contribution < 1.29 is 0 Å². The van der Waals surface area contributed by atoms with Crippen LogP contribution in [0.4, 0.5) is 5.69 Å². The summed E-state index contributed by atoms with van der Waals surface area (Å²) in [6.45, 7) is 4.19. The highest BCUT2D eigenvalue weighted by atomic mass is 35.5. The lowest BCUT2D eigenvalue weighted by molar-refractivity contribution is 0.598. The Morgan fingerprint density at radius 2 is 1.93 bits per heavy atom. The Hall–Kier alpha value is -1.54. The molecule has 2 aromatic carbocycles. The predicted molar refractivity (Wildman–Crippen MR) is 123 cm³/mol. The topological polar surface area (TPSA) is 31.2 Å². The van der Waals surface area contributed by atoms with E-state index in [4.69, 9.17) is 28.8 Å². The third-order valence-electron chi connectivity index (χ3n) is 4.22. The second kappa shape index (κ2) is 7.83. The Bertz CT molecular complexity index is 942. The fourth-order valence-electron chi connectivity index (χ4n) is 2.95. The highest BCUT2D eigenvalue weighted by molar-refractivity contribution is 8.45. The van der Waals surface area contributed by atoms with Crippen LogP contribution in [0.15, 0.2) is 58.6 Å². The normalized spacial score (nSPS) is 19.1. The number of anilines is 1. The third kappa shape index (κ3) is 3.61. The van der Waals surface area contributed by atoms with Crippen molar-refractivity contribution in [2.24, 2.45) is 10.1 Å². The molecule has 0 radical (unpaired) electrons. The molecule has 1 atom stereocenters. The highest BCUT2D eigenvalue weighted by Crippen LogP contribution is 2.40. The lowest BCUT2D eigenvalue weighted by Crippen LogP contribution is -2.47. The van der Waals surface area contributed by atoms with Crippen molar-refractivity contribution in [1.29, 1.82) is 0 Å². The molecule has 0 aliphatic carbocycles. The number of amidine groups is 1. The van der Waals surface area contributed by atoms with E-state index < -0.39 is 0 Å². The van der Waals surface area contributed by atoms with Gasteiger partial charge in [-0.05, 0) is 66.0 Å². The molecule has 2 aromatic rings. The van der Waals surface area contributed by atoms with Gasteiger partial charge < -0.3 is 0 Å². The highest BCUT2D eigenvalue weighted by Gasteiger charge is 2.39. The largest absolute Gasteiger partial charge is 0.290 e. The van der Waals surface area contributed by atoms with Gasteiger partial charge in [-0.3, -0.25) is 4.90 Å². The van der Waals surface area contributed by atoms with Crippen molar-refractivity contribution >= 4 is 67.7 Å². The molecule has 0 saturated carbocycles. The lowest BCUT2D eigenvalue weighted by atomic mass is 10.1. The standard InChI is InChI=1S/C19H17ClN4S3/c1-3-26-18-22-24-17(27-18)21-16(13-8-10-14(20)11-9-13)23(19(24)25)15-7-5-4-6-12(15)2/h4-11,16H,3H2,1-2H3. The summed E-state index contributed by atoms with van der Waals surface area (Å²) in [4.78, 5) is 7.07. The van der Waals surface area contributed by atoms with Crippen LogP contribution in [0.2, 0.25) is 5.02 Å². The number of para-hydroxylation sites is 1. The summed E-state index contributed by atoms with van der Waals surface area (Å²) in [7, 11) is 0. The number of thioether (sulfide) groups is 2. The molecule has 0 saturated heterocycles. The Labute approximate surface area is 177 Å². The number of thiocarbonyl (C=S) groups is 1. The van der Waals surface area contributed by atoms with E-state index in [1.165, 1.54) is 0 Å². The van der Waals surface area contributed by atoms with E-state index in [9.17, 15) is 0 Å². The summed E-state index contributed by atoms with van der Waals surface area (Å²) in [5, 5.41) is 8.60. The molecule has 138 valence electrons. The van der Waals surface area contributed by atoms with Crippen LogP contribution in [0.5, 0.6) is 0 Å². The summed E-state index contributed by atoms with van der Waals surface area (Å²) in [6, 6.07) is 16.0. The molecule has 0 aromatic heterocycles. The first-order chi connectivity index (χ1) is 13.1. The molecule has 8 heteroatoms. The van der Waals surface area contributed by atoms with Crippen molar-refractivity contribution in [3.63, 3.8) is 0 Å². The molecule has 1 unspecified atom stereocenters. The molecule has 0 bridgehead atoms. The molecule has 0 N–H and O–H groups in total. The molecule has 0 fully saturated rings. The minimum Gasteiger partial charge on any atom is -0.290 e. The van der Waals surface area contributed by atoms with Crippen molar-refractivity contribution in [2.75, 3.05) is 10.7 Å². The second-order valence-corrected chi connectivity index (χ2v) is 9.26. The van der Waals surface area contributed by atoms with Crippen LogP contribution in [0.1, 0.15) is 24.2 Å². The molecular weight excluding hydrogens is 416 g/mol. The molecular formula is C19H17ClN4S3. The monoisotopic (exact) mass is 432 g/mol. The molecule has 4 nitrogen and oxygen atoms in total. The Balaban J connectivity index is 1.82. The lowest BCUT2D eigenvalue weighted by Gasteiger charge is -2.38. The maximum Gasteiger partial charge on any atom is 0.205 e. The summed E-state index contributed by atoms with van der Waals surface area (Å²) < 4.78 is 0.972. The third-order valence-corrected chi connectivity index (χ3v) is 6.78. The zero-order chi connectivity index (χ0) is 19.0. The van der Waals surface area contributed by atoms with Crippen molar-refractivity contribution in [2.45, 2.75) is 20.0 Å². The van der Waals surface area contributed by atoms with Gasteiger partial charge in [0.2, 0.25) is 5.11 Å². The van der Waals surface area contributed by atoms with Crippen LogP contribution in [0.25, 0.3) is 0 Å². The number of nitrogens with zero attached hydrogens (tertiary/aromatic N) is 4. The quantitative estimate of drug-likeness (QED) is 0.565. The molecule has 2 aliphatic heterocycles. The van der Waals surface area contributed by atoms with Gasteiger partial charge >= 0.3 is 0 Å². The van der Waals surface area contributed by atoms with Crippen molar-refractivity contribution in [1.82, 2.24) is 5.01 Å². The van der Waals surface area contributed by atoms with E-state index in [1.807, 2.05) is 36.4 Å². The number of rotatable bonds is 3. The molecule has 0 amide bonds. The smallest absolute Gasteiger partial charge is 0.205 e. The van der Waals surface area contributed by atoms with Gasteiger partial charge in [-0.1, -0.05) is 60.6 Å². The number of hydrazone groups is 1. The number of benzene rings is 2. The van der Waals surface area contributed by atoms with E-state index >= 15 is 0 Å². The average molecular weight is 433 g/mol. The average Bonchev–Trinajstić information content (AvgIpc) is 3.07. The Morgan fingerprint density at radius 1 is 1.19 bits per heavy atom. The minimum atomic E-state index is -0.254. The van der Waals surface area contributed by atoms with Gasteiger partial charge in [0.15, 0.2) is 15.7 Å². The van der Waals surface area contributed by atoms with Gasteiger partial charge in [-0.15, -0.1) is 5.10 Å². The van der Waals surface area contributed by atoms with Crippen LogP contribution in [-0.4, -0.2) is 25.4 Å². The maximum absolute atomic E-state index is 6.09. The summed E-state index contributed by atoms with van der Waals surface area (Å²) in [5.41, 5.74) is 3.20. The number of fused-ring (bicyclic) bond motifs is 1. The van der Waals surface area contributed by atoms with Gasteiger partial charge in [0, 0.05) is 10.7 Å². The zero-order valence-electron chi connectivity index (χ0n) is 14.8. The van der Waals surface area contributed by atoms with Crippen LogP contribution in [0, 0.1) is 6.92 Å². The SMILES string of the molecule is CCSC1=NN2C(=S)N(c3ccccc3C)C(c3ccc(Cl)cc3)N=C2S1. The van der Waals surface area contributed by atoms with E-state index in [2.05, 4.69) is 36.0 Å². The summed E-state index contributed by atoms with van der Waals surface area (Å²) >= 11 is 15.2. The first kappa shape index (κ1) is 18.8. The predicted octanol–water partition coefficient (Wildman–Crippen LogP) is 5.88. The maximum atomic E-state index is 6.09. The fraction of sp³-hybridized carbons (Fsp3) is 0.211. The van der Waals surface area contributed by atoms with Crippen molar-refractivity contribution in [3.05, 3.63) is 64.7 Å².